The number of hydrogen-bond acceptors (Lipinski definition) is 3. The van der Waals surface area contributed by atoms with E-state index in [4.69, 9.17) is 5.73 Å². The molecule has 1 fully saturated rings. The normalized spacial score (nSPS) is 17.9. The third-order valence-corrected chi connectivity index (χ3v) is 2.74. The zero-order valence-corrected chi connectivity index (χ0v) is 8.45. The summed E-state index contributed by atoms with van der Waals surface area (Å²) < 4.78 is 0. The van der Waals surface area contributed by atoms with Gasteiger partial charge in [0.25, 0.3) is 0 Å². The minimum Gasteiger partial charge on any atom is -0.384 e. The second-order valence-corrected chi connectivity index (χ2v) is 3.84. The molecule has 1 aromatic heterocycles. The van der Waals surface area contributed by atoms with Gasteiger partial charge in [0, 0.05) is 13.1 Å². The Morgan fingerprint density at radius 3 is 2.36 bits per heavy atom. The summed E-state index contributed by atoms with van der Waals surface area (Å²) in [6.07, 6.45) is 7.19. The van der Waals surface area contributed by atoms with Gasteiger partial charge in [-0.05, 0) is 25.0 Å². The van der Waals surface area contributed by atoms with Gasteiger partial charge in [-0.3, -0.25) is 0 Å². The molecule has 0 radical (unpaired) electrons. The Balaban J connectivity index is 2.08. The molecule has 1 aromatic rings. The molecule has 0 unspecified atom stereocenters. The van der Waals surface area contributed by atoms with Crippen LogP contribution in [0.4, 0.5) is 11.5 Å². The highest BCUT2D eigenvalue weighted by Gasteiger charge is 2.09. The van der Waals surface area contributed by atoms with Crippen LogP contribution in [0.5, 0.6) is 0 Å². The Kier molecular flexibility index (Phi) is 2.87. The molecule has 0 spiro atoms. The van der Waals surface area contributed by atoms with E-state index in [1.54, 1.807) is 0 Å². The largest absolute Gasteiger partial charge is 0.384 e. The number of anilines is 2. The zero-order chi connectivity index (χ0) is 9.80. The fourth-order valence-corrected chi connectivity index (χ4v) is 1.91. The van der Waals surface area contributed by atoms with Crippen molar-refractivity contribution in [3.05, 3.63) is 18.3 Å². The van der Waals surface area contributed by atoms with E-state index in [0.717, 1.165) is 13.1 Å². The van der Waals surface area contributed by atoms with Crippen molar-refractivity contribution in [2.45, 2.75) is 25.7 Å². The maximum Gasteiger partial charge on any atom is 0.123 e. The molecule has 0 amide bonds. The Hall–Kier alpha value is -1.25. The first-order valence-electron chi connectivity index (χ1n) is 5.33. The number of nitrogens with two attached hydrogens (primary N) is 1. The van der Waals surface area contributed by atoms with Gasteiger partial charge in [0.15, 0.2) is 0 Å². The third-order valence-electron chi connectivity index (χ3n) is 2.74. The lowest BCUT2D eigenvalue weighted by molar-refractivity contribution is 0.726. The van der Waals surface area contributed by atoms with E-state index in [2.05, 4.69) is 16.0 Å². The van der Waals surface area contributed by atoms with Crippen molar-refractivity contribution in [3.63, 3.8) is 0 Å². The molecule has 0 aliphatic carbocycles. The maximum atomic E-state index is 5.56. The fraction of sp³-hybridized carbons (Fsp3) is 0.545. The van der Waals surface area contributed by atoms with Gasteiger partial charge in [0.1, 0.15) is 5.82 Å². The van der Waals surface area contributed by atoms with Gasteiger partial charge in [-0.15, -0.1) is 0 Å². The molecular formula is C11H17N3. The first-order chi connectivity index (χ1) is 6.86. The van der Waals surface area contributed by atoms with Crippen LogP contribution in [0.2, 0.25) is 0 Å². The monoisotopic (exact) mass is 191 g/mol. The standard InChI is InChI=1S/C11H17N3/c12-11-6-5-10(9-13-11)14-7-3-1-2-4-8-14/h5-6,9H,1-4,7-8H2,(H2,12,13). The Bertz CT molecular complexity index is 273. The lowest BCUT2D eigenvalue weighted by Crippen LogP contribution is -2.23. The fourth-order valence-electron chi connectivity index (χ4n) is 1.91. The average Bonchev–Trinajstić information content (AvgIpc) is 2.47. The van der Waals surface area contributed by atoms with Crippen molar-refractivity contribution >= 4 is 11.5 Å². The molecule has 2 N–H and O–H groups in total. The first kappa shape index (κ1) is 9.31. The minimum atomic E-state index is 0.601. The van der Waals surface area contributed by atoms with Crippen molar-refractivity contribution in [3.8, 4) is 0 Å². The molecule has 0 atom stereocenters. The molecule has 0 aromatic carbocycles. The van der Waals surface area contributed by atoms with Gasteiger partial charge in [0.2, 0.25) is 0 Å². The third kappa shape index (κ3) is 2.16. The number of hydrogen-bond donors (Lipinski definition) is 1. The molecule has 0 saturated carbocycles. The lowest BCUT2D eigenvalue weighted by Gasteiger charge is -2.21. The summed E-state index contributed by atoms with van der Waals surface area (Å²) in [5.41, 5.74) is 6.77. The van der Waals surface area contributed by atoms with Gasteiger partial charge >= 0.3 is 0 Å². The van der Waals surface area contributed by atoms with Gasteiger partial charge in [-0.1, -0.05) is 12.8 Å². The second kappa shape index (κ2) is 4.31. The molecule has 76 valence electrons. The quantitative estimate of drug-likeness (QED) is 0.738. The van der Waals surface area contributed by atoms with Gasteiger partial charge < -0.3 is 10.6 Å². The van der Waals surface area contributed by atoms with Gasteiger partial charge in [0.05, 0.1) is 11.9 Å². The summed E-state index contributed by atoms with van der Waals surface area (Å²) in [6.45, 7) is 2.32. The molecular weight excluding hydrogens is 174 g/mol. The minimum absolute atomic E-state index is 0.601. The average molecular weight is 191 g/mol. The Morgan fingerprint density at radius 2 is 1.79 bits per heavy atom. The molecule has 2 heterocycles. The van der Waals surface area contributed by atoms with E-state index < -0.39 is 0 Å². The van der Waals surface area contributed by atoms with Crippen LogP contribution in [0.15, 0.2) is 18.3 Å². The highest BCUT2D eigenvalue weighted by molar-refractivity contribution is 5.47. The smallest absolute Gasteiger partial charge is 0.123 e. The van der Waals surface area contributed by atoms with E-state index in [0.29, 0.717) is 5.82 Å². The molecule has 3 nitrogen and oxygen atoms in total. The van der Waals surface area contributed by atoms with Crippen molar-refractivity contribution in [2.24, 2.45) is 0 Å². The molecule has 0 bridgehead atoms. The summed E-state index contributed by atoms with van der Waals surface area (Å²) in [6, 6.07) is 3.94. The molecule has 14 heavy (non-hydrogen) atoms. The molecule has 1 saturated heterocycles. The summed E-state index contributed by atoms with van der Waals surface area (Å²) in [7, 11) is 0. The van der Waals surface area contributed by atoms with Crippen LogP contribution >= 0.6 is 0 Å². The van der Waals surface area contributed by atoms with Crippen molar-refractivity contribution in [1.29, 1.82) is 0 Å². The van der Waals surface area contributed by atoms with Crippen LogP contribution in [-0.2, 0) is 0 Å². The van der Waals surface area contributed by atoms with E-state index in [-0.39, 0.29) is 0 Å². The lowest BCUT2D eigenvalue weighted by atomic mass is 10.2. The molecule has 3 heteroatoms. The van der Waals surface area contributed by atoms with Crippen molar-refractivity contribution in [2.75, 3.05) is 23.7 Å². The Labute approximate surface area is 84.9 Å². The molecule has 2 rings (SSSR count). The summed E-state index contributed by atoms with van der Waals surface area (Å²) in [4.78, 5) is 6.52. The SMILES string of the molecule is Nc1ccc(N2CCCCCC2)cn1. The second-order valence-electron chi connectivity index (χ2n) is 3.84. The number of aromatic nitrogens is 1. The van der Waals surface area contributed by atoms with E-state index >= 15 is 0 Å². The van der Waals surface area contributed by atoms with Gasteiger partial charge in [-0.25, -0.2) is 4.98 Å². The van der Waals surface area contributed by atoms with Crippen molar-refractivity contribution < 1.29 is 0 Å². The highest BCUT2D eigenvalue weighted by atomic mass is 15.1. The summed E-state index contributed by atoms with van der Waals surface area (Å²) in [5, 5.41) is 0. The topological polar surface area (TPSA) is 42.1 Å². The number of rotatable bonds is 1. The zero-order valence-electron chi connectivity index (χ0n) is 8.45. The number of nitrogens with zero attached hydrogens (tertiary/aromatic N) is 2. The highest BCUT2D eigenvalue weighted by Crippen LogP contribution is 2.18. The van der Waals surface area contributed by atoms with Crippen LogP contribution in [0.25, 0.3) is 0 Å². The predicted molar refractivity (Wildman–Crippen MR) is 59.3 cm³/mol. The number of nitrogen functional groups attached to an aromatic ring is 1. The van der Waals surface area contributed by atoms with Crippen LogP contribution in [-0.4, -0.2) is 18.1 Å². The molecule has 1 aliphatic heterocycles. The summed E-state index contributed by atoms with van der Waals surface area (Å²) in [5.74, 6) is 0.601. The maximum absolute atomic E-state index is 5.56. The van der Waals surface area contributed by atoms with E-state index in [1.165, 1.54) is 31.4 Å². The first-order valence-corrected chi connectivity index (χ1v) is 5.33. The van der Waals surface area contributed by atoms with Crippen molar-refractivity contribution in [1.82, 2.24) is 4.98 Å². The summed E-state index contributed by atoms with van der Waals surface area (Å²) >= 11 is 0. The van der Waals surface area contributed by atoms with E-state index in [1.807, 2.05) is 12.3 Å². The van der Waals surface area contributed by atoms with Crippen LogP contribution in [0.1, 0.15) is 25.7 Å². The molecule has 1 aliphatic rings. The van der Waals surface area contributed by atoms with Crippen LogP contribution < -0.4 is 10.6 Å². The van der Waals surface area contributed by atoms with E-state index in [9.17, 15) is 0 Å². The van der Waals surface area contributed by atoms with Crippen LogP contribution in [0, 0.1) is 0 Å². The Morgan fingerprint density at radius 1 is 1.07 bits per heavy atom. The number of pyridine rings is 1. The van der Waals surface area contributed by atoms with Gasteiger partial charge in [-0.2, -0.15) is 0 Å². The predicted octanol–water partition coefficient (Wildman–Crippen LogP) is 2.04. The van der Waals surface area contributed by atoms with Crippen LogP contribution in [0.3, 0.4) is 0 Å².